The van der Waals surface area contributed by atoms with Crippen LogP contribution in [0.25, 0.3) is 17.1 Å². The summed E-state index contributed by atoms with van der Waals surface area (Å²) in [6.07, 6.45) is 0. The summed E-state index contributed by atoms with van der Waals surface area (Å²) in [5, 5.41) is 11.4. The smallest absolute Gasteiger partial charge is 0.257 e. The van der Waals surface area contributed by atoms with E-state index in [4.69, 9.17) is 11.6 Å². The van der Waals surface area contributed by atoms with E-state index >= 15 is 0 Å². The number of nitrogens with zero attached hydrogens (tertiary/aromatic N) is 3. The fraction of sp³-hybridized carbons (Fsp3) is 0.0435. The lowest BCUT2D eigenvalue weighted by Gasteiger charge is -2.12. The molecule has 0 atom stereocenters. The number of carbonyl (C=O) groups is 2. The number of imide groups is 1. The van der Waals surface area contributed by atoms with Crippen LogP contribution in [0.3, 0.4) is 0 Å². The molecule has 0 saturated heterocycles. The highest BCUT2D eigenvalue weighted by Gasteiger charge is 2.21. The number of nitrogens with one attached hydrogen (secondary N) is 1. The van der Waals surface area contributed by atoms with Gasteiger partial charge in [0.25, 0.3) is 5.91 Å². The Labute approximate surface area is 192 Å². The maximum atomic E-state index is 14.6. The molecule has 0 aliphatic carbocycles. The first-order valence-corrected chi connectivity index (χ1v) is 10.9. The van der Waals surface area contributed by atoms with Gasteiger partial charge in [0.05, 0.1) is 16.5 Å². The number of amides is 2. The van der Waals surface area contributed by atoms with Gasteiger partial charge in [0.15, 0.2) is 11.0 Å². The third-order valence-corrected chi connectivity index (χ3v) is 5.72. The predicted molar refractivity (Wildman–Crippen MR) is 121 cm³/mol. The Morgan fingerprint density at radius 1 is 0.938 bits per heavy atom. The summed E-state index contributed by atoms with van der Waals surface area (Å²) in [5.41, 5.74) is 1.16. The van der Waals surface area contributed by atoms with Crippen LogP contribution in [-0.4, -0.2) is 32.3 Å². The van der Waals surface area contributed by atoms with Crippen molar-refractivity contribution in [3.63, 3.8) is 0 Å². The van der Waals surface area contributed by atoms with Crippen molar-refractivity contribution in [2.24, 2.45) is 0 Å². The van der Waals surface area contributed by atoms with Gasteiger partial charge in [0, 0.05) is 11.1 Å². The van der Waals surface area contributed by atoms with Crippen molar-refractivity contribution in [1.29, 1.82) is 0 Å². The monoisotopic (exact) mass is 466 g/mol. The van der Waals surface area contributed by atoms with Crippen LogP contribution in [0.1, 0.15) is 10.4 Å². The van der Waals surface area contributed by atoms with Crippen LogP contribution in [0.5, 0.6) is 0 Å². The summed E-state index contributed by atoms with van der Waals surface area (Å²) >= 11 is 7.36. The fourth-order valence-corrected chi connectivity index (χ4v) is 3.95. The molecule has 0 aliphatic rings. The zero-order valence-corrected chi connectivity index (χ0v) is 18.1. The lowest BCUT2D eigenvalue weighted by molar-refractivity contribution is -0.117. The minimum atomic E-state index is -0.508. The normalized spacial score (nSPS) is 10.7. The largest absolute Gasteiger partial charge is 0.292 e. The topological polar surface area (TPSA) is 76.9 Å². The van der Waals surface area contributed by atoms with Crippen molar-refractivity contribution in [3.8, 4) is 17.1 Å². The van der Waals surface area contributed by atoms with Crippen LogP contribution in [0.4, 0.5) is 4.39 Å². The molecule has 0 unspecified atom stereocenters. The number of thioether (sulfide) groups is 1. The van der Waals surface area contributed by atoms with Crippen molar-refractivity contribution in [3.05, 3.63) is 95.3 Å². The first-order valence-electron chi connectivity index (χ1n) is 9.52. The van der Waals surface area contributed by atoms with Crippen LogP contribution < -0.4 is 5.32 Å². The highest BCUT2D eigenvalue weighted by molar-refractivity contribution is 7.99. The molecule has 4 aromatic rings. The van der Waals surface area contributed by atoms with Crippen molar-refractivity contribution in [1.82, 2.24) is 20.1 Å². The maximum Gasteiger partial charge on any atom is 0.257 e. The first kappa shape index (κ1) is 21.7. The van der Waals surface area contributed by atoms with Crippen LogP contribution in [0.15, 0.2) is 84.0 Å². The predicted octanol–water partition coefficient (Wildman–Crippen LogP) is 4.78. The van der Waals surface area contributed by atoms with Gasteiger partial charge in [0.1, 0.15) is 5.82 Å². The molecule has 32 heavy (non-hydrogen) atoms. The molecule has 1 heterocycles. The third kappa shape index (κ3) is 4.71. The zero-order chi connectivity index (χ0) is 22.5. The second-order valence-corrected chi connectivity index (χ2v) is 7.95. The summed E-state index contributed by atoms with van der Waals surface area (Å²) in [6.45, 7) is 0. The van der Waals surface area contributed by atoms with Crippen LogP contribution in [0, 0.1) is 5.82 Å². The van der Waals surface area contributed by atoms with Crippen LogP contribution in [-0.2, 0) is 4.79 Å². The van der Waals surface area contributed by atoms with E-state index in [1.54, 1.807) is 72.8 Å². The Morgan fingerprint density at radius 3 is 2.38 bits per heavy atom. The van der Waals surface area contributed by atoms with Gasteiger partial charge in [-0.15, -0.1) is 10.2 Å². The molecular formula is C23H16ClFN4O2S. The Kier molecular flexibility index (Phi) is 6.63. The minimum absolute atomic E-state index is 0.117. The van der Waals surface area contributed by atoms with E-state index in [0.717, 1.165) is 11.8 Å². The molecule has 1 N–H and O–H groups in total. The SMILES string of the molecule is O=C(CSc1nnc(-c2ccccc2Cl)n1-c1ccccc1F)NC(=O)c1ccccc1. The van der Waals surface area contributed by atoms with E-state index in [2.05, 4.69) is 15.5 Å². The van der Waals surface area contributed by atoms with E-state index in [1.165, 1.54) is 10.6 Å². The van der Waals surface area contributed by atoms with Gasteiger partial charge in [-0.25, -0.2) is 4.39 Å². The summed E-state index contributed by atoms with van der Waals surface area (Å²) in [6, 6.07) is 21.6. The molecule has 9 heteroatoms. The number of carbonyl (C=O) groups excluding carboxylic acids is 2. The third-order valence-electron chi connectivity index (χ3n) is 4.46. The van der Waals surface area contributed by atoms with Crippen molar-refractivity contribution in [2.75, 3.05) is 5.75 Å². The molecule has 0 radical (unpaired) electrons. The second kappa shape index (κ2) is 9.76. The molecule has 0 spiro atoms. The van der Waals surface area contributed by atoms with Gasteiger partial charge in [-0.2, -0.15) is 0 Å². The van der Waals surface area contributed by atoms with Gasteiger partial charge in [0.2, 0.25) is 5.91 Å². The number of para-hydroxylation sites is 1. The molecule has 4 rings (SSSR count). The summed E-state index contributed by atoms with van der Waals surface area (Å²) in [7, 11) is 0. The molecule has 0 bridgehead atoms. The number of rotatable bonds is 6. The average Bonchev–Trinajstić information content (AvgIpc) is 3.22. The number of hydrogen-bond acceptors (Lipinski definition) is 5. The van der Waals surface area contributed by atoms with E-state index in [-0.39, 0.29) is 16.6 Å². The Morgan fingerprint density at radius 2 is 1.62 bits per heavy atom. The lowest BCUT2D eigenvalue weighted by Crippen LogP contribution is -2.31. The van der Waals surface area contributed by atoms with Crippen molar-refractivity contribution in [2.45, 2.75) is 5.16 Å². The lowest BCUT2D eigenvalue weighted by atomic mass is 10.2. The molecular weight excluding hydrogens is 451 g/mol. The Hall–Kier alpha value is -3.49. The summed E-state index contributed by atoms with van der Waals surface area (Å²) in [5.74, 6) is -1.27. The van der Waals surface area contributed by atoms with E-state index in [1.807, 2.05) is 0 Å². The van der Waals surface area contributed by atoms with E-state index < -0.39 is 17.6 Å². The molecule has 0 saturated carbocycles. The minimum Gasteiger partial charge on any atom is -0.292 e. The molecule has 160 valence electrons. The Balaban J connectivity index is 1.60. The molecule has 0 fully saturated rings. The van der Waals surface area contributed by atoms with Gasteiger partial charge in [-0.1, -0.05) is 65.8 Å². The fourth-order valence-electron chi connectivity index (χ4n) is 2.99. The van der Waals surface area contributed by atoms with Gasteiger partial charge in [-0.3, -0.25) is 19.5 Å². The number of halogens is 2. The van der Waals surface area contributed by atoms with Gasteiger partial charge >= 0.3 is 0 Å². The van der Waals surface area contributed by atoms with Crippen LogP contribution >= 0.6 is 23.4 Å². The maximum absolute atomic E-state index is 14.6. The molecule has 6 nitrogen and oxygen atoms in total. The first-order chi connectivity index (χ1) is 15.5. The molecule has 3 aromatic carbocycles. The summed E-state index contributed by atoms with van der Waals surface area (Å²) < 4.78 is 16.2. The Bertz CT molecular complexity index is 1280. The number of benzene rings is 3. The van der Waals surface area contributed by atoms with E-state index in [9.17, 15) is 14.0 Å². The zero-order valence-electron chi connectivity index (χ0n) is 16.5. The van der Waals surface area contributed by atoms with Crippen molar-refractivity contribution >= 4 is 35.2 Å². The quantitative estimate of drug-likeness (QED) is 0.414. The average molecular weight is 467 g/mol. The summed E-state index contributed by atoms with van der Waals surface area (Å²) in [4.78, 5) is 24.5. The molecule has 0 aliphatic heterocycles. The van der Waals surface area contributed by atoms with Gasteiger partial charge < -0.3 is 0 Å². The van der Waals surface area contributed by atoms with E-state index in [0.29, 0.717) is 22.0 Å². The van der Waals surface area contributed by atoms with Crippen LogP contribution in [0.2, 0.25) is 5.02 Å². The highest BCUT2D eigenvalue weighted by Crippen LogP contribution is 2.32. The van der Waals surface area contributed by atoms with Crippen molar-refractivity contribution < 1.29 is 14.0 Å². The molecule has 1 aromatic heterocycles. The number of aromatic nitrogens is 3. The standard InChI is InChI=1S/C23H16ClFN4O2S/c24-17-11-5-4-10-16(17)21-27-28-23(29(21)19-13-7-6-12-18(19)25)32-14-20(30)26-22(31)15-8-2-1-3-9-15/h1-13H,14H2,(H,26,30,31). The second-order valence-electron chi connectivity index (χ2n) is 6.60. The van der Waals surface area contributed by atoms with Gasteiger partial charge in [-0.05, 0) is 36.4 Å². The molecule has 2 amide bonds. The highest BCUT2D eigenvalue weighted by atomic mass is 35.5. The number of hydrogen-bond donors (Lipinski definition) is 1.